The maximum atomic E-state index is 12.8. The lowest BCUT2D eigenvalue weighted by Gasteiger charge is -2.19. The lowest BCUT2D eigenvalue weighted by molar-refractivity contribution is -0.122. The maximum Gasteiger partial charge on any atom is 0.407 e. The monoisotopic (exact) mass is 791 g/mol. The van der Waals surface area contributed by atoms with Crippen molar-refractivity contribution in [3.05, 3.63) is 59.7 Å². The highest BCUT2D eigenvalue weighted by molar-refractivity contribution is 5.79. The number of ether oxygens (including phenoxy) is 3. The summed E-state index contributed by atoms with van der Waals surface area (Å²) in [5.74, 6) is -0.0124. The molecule has 0 aliphatic heterocycles. The van der Waals surface area contributed by atoms with Crippen molar-refractivity contribution in [1.29, 1.82) is 0 Å². The minimum Gasteiger partial charge on any atom is -0.449 e. The van der Waals surface area contributed by atoms with Crippen LogP contribution in [0.5, 0.6) is 0 Å². The van der Waals surface area contributed by atoms with Crippen LogP contribution in [0, 0.1) is 0 Å². The minimum absolute atomic E-state index is 0.0253. The molecule has 2 N–H and O–H groups in total. The second-order valence-corrected chi connectivity index (χ2v) is 16.5. The lowest BCUT2D eigenvalue weighted by atomic mass is 9.98. The van der Waals surface area contributed by atoms with Gasteiger partial charge in [-0.25, -0.2) is 4.79 Å². The first-order chi connectivity index (χ1) is 28.1. The van der Waals surface area contributed by atoms with Crippen LogP contribution in [0.1, 0.15) is 198 Å². The van der Waals surface area contributed by atoms with Gasteiger partial charge in [0.05, 0.1) is 12.7 Å². The van der Waals surface area contributed by atoms with Crippen molar-refractivity contribution in [2.45, 2.75) is 193 Å². The molecule has 1 atom stereocenters. The zero-order chi connectivity index (χ0) is 40.4. The summed E-state index contributed by atoms with van der Waals surface area (Å²) in [7, 11) is 0. The molecule has 0 bridgehead atoms. The number of benzene rings is 2. The highest BCUT2D eigenvalue weighted by Gasteiger charge is 2.29. The van der Waals surface area contributed by atoms with Gasteiger partial charge in [0, 0.05) is 38.6 Å². The molecule has 0 saturated carbocycles. The first kappa shape index (κ1) is 48.5. The van der Waals surface area contributed by atoms with E-state index in [2.05, 4.69) is 48.7 Å². The summed E-state index contributed by atoms with van der Waals surface area (Å²) in [6, 6.07) is 16.6. The average Bonchev–Trinajstić information content (AvgIpc) is 3.55. The van der Waals surface area contributed by atoms with Crippen LogP contribution >= 0.6 is 0 Å². The van der Waals surface area contributed by atoms with Crippen LogP contribution in [-0.4, -0.2) is 57.6 Å². The molecule has 1 unspecified atom stereocenters. The van der Waals surface area contributed by atoms with E-state index in [1.165, 1.54) is 164 Å². The molecule has 1 aliphatic carbocycles. The standard InChI is InChI=1S/C50H82N2O5/c1-3-5-7-9-11-13-15-17-19-21-23-29-38-55-41-43(56-39-30-24-22-20-18-16-14-12-10-8-6-4-2)40-52-49(53)36-31-37-51-50(54)57-42-48-46-34-27-25-32-44(46)45-33-26-28-35-47(45)48/h25-28,32-35,43,48H,3-24,29-31,36-42H2,1-2H3,(H,51,54)(H,52,53). The Labute approximate surface area is 348 Å². The Bertz CT molecular complexity index is 1260. The largest absolute Gasteiger partial charge is 0.449 e. The third-order valence-electron chi connectivity index (χ3n) is 11.5. The van der Waals surface area contributed by atoms with Gasteiger partial charge < -0.3 is 24.8 Å². The van der Waals surface area contributed by atoms with Gasteiger partial charge in [-0.1, -0.05) is 204 Å². The van der Waals surface area contributed by atoms with Gasteiger partial charge in [0.1, 0.15) is 6.61 Å². The number of alkyl carbamates (subject to hydrolysis) is 1. The number of carbonyl (C=O) groups excluding carboxylic acids is 2. The van der Waals surface area contributed by atoms with E-state index in [0.717, 1.165) is 19.4 Å². The smallest absolute Gasteiger partial charge is 0.407 e. The Morgan fingerprint density at radius 2 is 1.02 bits per heavy atom. The van der Waals surface area contributed by atoms with Gasteiger partial charge in [-0.3, -0.25) is 4.79 Å². The Balaban J connectivity index is 1.26. The molecule has 0 spiro atoms. The molecule has 7 heteroatoms. The van der Waals surface area contributed by atoms with Crippen molar-refractivity contribution >= 4 is 12.0 Å². The lowest BCUT2D eigenvalue weighted by Crippen LogP contribution is -2.37. The fraction of sp³-hybridized carbons (Fsp3) is 0.720. The number of fused-ring (bicyclic) bond motifs is 3. The molecule has 1 aliphatic rings. The third kappa shape index (κ3) is 22.2. The van der Waals surface area contributed by atoms with Crippen LogP contribution in [0.15, 0.2) is 48.5 Å². The first-order valence-corrected chi connectivity index (χ1v) is 23.7. The molecule has 2 aromatic carbocycles. The predicted octanol–water partition coefficient (Wildman–Crippen LogP) is 13.2. The highest BCUT2D eigenvalue weighted by atomic mass is 16.5. The fourth-order valence-electron chi connectivity index (χ4n) is 8.02. The molecule has 2 aromatic rings. The summed E-state index contributed by atoms with van der Waals surface area (Å²) in [6.45, 7) is 7.59. The van der Waals surface area contributed by atoms with Crippen molar-refractivity contribution in [1.82, 2.24) is 10.6 Å². The molecule has 322 valence electrons. The van der Waals surface area contributed by atoms with Crippen molar-refractivity contribution in [3.8, 4) is 11.1 Å². The van der Waals surface area contributed by atoms with Gasteiger partial charge in [-0.2, -0.15) is 0 Å². The summed E-state index contributed by atoms with van der Waals surface area (Å²) in [5.41, 5.74) is 4.79. The predicted molar refractivity (Wildman–Crippen MR) is 238 cm³/mol. The van der Waals surface area contributed by atoms with E-state index in [0.29, 0.717) is 39.1 Å². The molecule has 0 fully saturated rings. The average molecular weight is 791 g/mol. The molecular weight excluding hydrogens is 709 g/mol. The van der Waals surface area contributed by atoms with Crippen LogP contribution in [0.3, 0.4) is 0 Å². The number of hydrogen-bond donors (Lipinski definition) is 2. The Hall–Kier alpha value is -2.90. The summed E-state index contributed by atoms with van der Waals surface area (Å²) in [5, 5.41) is 5.89. The molecular formula is C50H82N2O5. The van der Waals surface area contributed by atoms with Gasteiger partial charge in [0.2, 0.25) is 5.91 Å². The Morgan fingerprint density at radius 3 is 1.53 bits per heavy atom. The number of amides is 2. The molecule has 0 saturated heterocycles. The molecule has 3 rings (SSSR count). The summed E-state index contributed by atoms with van der Waals surface area (Å²) >= 11 is 0. The van der Waals surface area contributed by atoms with Gasteiger partial charge in [-0.15, -0.1) is 0 Å². The number of carbonyl (C=O) groups is 2. The first-order valence-electron chi connectivity index (χ1n) is 23.7. The SMILES string of the molecule is CCCCCCCCCCCCCCOCC(CNC(=O)CCCNC(=O)OCC1c2ccccc2-c2ccccc21)OCCCCCCCCCCCCCC. The van der Waals surface area contributed by atoms with E-state index in [4.69, 9.17) is 14.2 Å². The zero-order valence-electron chi connectivity index (χ0n) is 36.4. The second-order valence-electron chi connectivity index (χ2n) is 16.5. The number of nitrogens with one attached hydrogen (secondary N) is 2. The van der Waals surface area contributed by atoms with Crippen LogP contribution in [-0.2, 0) is 19.0 Å². The van der Waals surface area contributed by atoms with Crippen LogP contribution in [0.25, 0.3) is 11.1 Å². The quantitative estimate of drug-likeness (QED) is 0.0666. The molecule has 2 amide bonds. The fourth-order valence-corrected chi connectivity index (χ4v) is 8.02. The van der Waals surface area contributed by atoms with E-state index >= 15 is 0 Å². The van der Waals surface area contributed by atoms with Crippen LogP contribution in [0.2, 0.25) is 0 Å². The second kappa shape index (κ2) is 33.0. The molecule has 57 heavy (non-hydrogen) atoms. The molecule has 0 radical (unpaired) electrons. The van der Waals surface area contributed by atoms with Crippen LogP contribution in [0.4, 0.5) is 4.79 Å². The van der Waals surface area contributed by atoms with Crippen molar-refractivity contribution < 1.29 is 23.8 Å². The molecule has 0 aromatic heterocycles. The van der Waals surface area contributed by atoms with Gasteiger partial charge in [-0.05, 0) is 41.5 Å². The summed E-state index contributed by atoms with van der Waals surface area (Å²) in [6.07, 6.45) is 32.0. The Kier molecular flexibility index (Phi) is 28.1. The van der Waals surface area contributed by atoms with E-state index in [9.17, 15) is 9.59 Å². The Morgan fingerprint density at radius 1 is 0.561 bits per heavy atom. The third-order valence-corrected chi connectivity index (χ3v) is 11.5. The topological polar surface area (TPSA) is 85.9 Å². The van der Waals surface area contributed by atoms with Crippen LogP contribution < -0.4 is 10.6 Å². The van der Waals surface area contributed by atoms with Crippen molar-refractivity contribution in [2.24, 2.45) is 0 Å². The number of rotatable bonds is 37. The van der Waals surface area contributed by atoms with E-state index in [1.807, 2.05) is 24.3 Å². The highest BCUT2D eigenvalue weighted by Crippen LogP contribution is 2.44. The number of unbranched alkanes of at least 4 members (excludes halogenated alkanes) is 22. The maximum absolute atomic E-state index is 12.8. The normalized spacial score (nSPS) is 12.7. The number of hydrogen-bond acceptors (Lipinski definition) is 5. The van der Waals surface area contributed by atoms with Crippen molar-refractivity contribution in [2.75, 3.05) is 39.5 Å². The van der Waals surface area contributed by atoms with Gasteiger partial charge in [0.15, 0.2) is 0 Å². The van der Waals surface area contributed by atoms with Gasteiger partial charge in [0.25, 0.3) is 0 Å². The van der Waals surface area contributed by atoms with Gasteiger partial charge >= 0.3 is 6.09 Å². The van der Waals surface area contributed by atoms with Crippen molar-refractivity contribution in [3.63, 3.8) is 0 Å². The van der Waals surface area contributed by atoms with E-state index in [-0.39, 0.29) is 24.5 Å². The summed E-state index contributed by atoms with van der Waals surface area (Å²) in [4.78, 5) is 25.3. The zero-order valence-corrected chi connectivity index (χ0v) is 36.4. The van der Waals surface area contributed by atoms with E-state index < -0.39 is 6.09 Å². The minimum atomic E-state index is -0.450. The van der Waals surface area contributed by atoms with E-state index in [1.54, 1.807) is 0 Å². The summed E-state index contributed by atoms with van der Waals surface area (Å²) < 4.78 is 18.0. The molecule has 0 heterocycles. The molecule has 7 nitrogen and oxygen atoms in total.